The average molecular weight is 347 g/mol. The molecule has 19 heavy (non-hydrogen) atoms. The Bertz CT molecular complexity index is 421. The molecule has 0 radical (unpaired) electrons. The van der Waals surface area contributed by atoms with Crippen LogP contribution in [-0.4, -0.2) is 18.8 Å². The maximum atomic E-state index is 6.23. The van der Waals surface area contributed by atoms with Gasteiger partial charge in [0, 0.05) is 22.1 Å². The Balaban J connectivity index is 1.77. The first-order chi connectivity index (χ1) is 9.08. The van der Waals surface area contributed by atoms with Gasteiger partial charge in [-0.1, -0.05) is 33.6 Å². The standard InChI is InChI=1S/C15H21BrClNO/c1-2-19-14-6-10(7-14)5-13(18)8-11-3-4-12(16)9-15(11)17/h3-4,9-10,13-14H,2,5-8,18H2,1H3. The fraction of sp³-hybridized carbons (Fsp3) is 0.600. The second-order valence-electron chi connectivity index (χ2n) is 5.35. The molecule has 4 heteroatoms. The number of rotatable bonds is 6. The number of ether oxygens (including phenoxy) is 1. The maximum absolute atomic E-state index is 6.23. The predicted octanol–water partition coefficient (Wildman–Crippen LogP) is 4.18. The molecular weight excluding hydrogens is 326 g/mol. The van der Waals surface area contributed by atoms with Gasteiger partial charge in [0.25, 0.3) is 0 Å². The van der Waals surface area contributed by atoms with Crippen molar-refractivity contribution in [3.05, 3.63) is 33.3 Å². The fourth-order valence-corrected chi connectivity index (χ4v) is 3.47. The minimum Gasteiger partial charge on any atom is -0.378 e. The van der Waals surface area contributed by atoms with Gasteiger partial charge in [-0.3, -0.25) is 0 Å². The first-order valence-electron chi connectivity index (χ1n) is 6.89. The number of benzene rings is 1. The summed E-state index contributed by atoms with van der Waals surface area (Å²) in [6.45, 7) is 2.87. The van der Waals surface area contributed by atoms with Gasteiger partial charge >= 0.3 is 0 Å². The van der Waals surface area contributed by atoms with Gasteiger partial charge in [0.15, 0.2) is 0 Å². The quantitative estimate of drug-likeness (QED) is 0.838. The second-order valence-corrected chi connectivity index (χ2v) is 6.67. The molecule has 0 aliphatic heterocycles. The third-order valence-electron chi connectivity index (χ3n) is 3.73. The summed E-state index contributed by atoms with van der Waals surface area (Å²) in [5.41, 5.74) is 7.37. The van der Waals surface area contributed by atoms with Gasteiger partial charge in [0.1, 0.15) is 0 Å². The van der Waals surface area contributed by atoms with Crippen molar-refractivity contribution < 1.29 is 4.74 Å². The highest BCUT2D eigenvalue weighted by Crippen LogP contribution is 2.34. The Hall–Kier alpha value is -0.0900. The molecule has 1 aromatic rings. The molecular formula is C15H21BrClNO. The van der Waals surface area contributed by atoms with Crippen molar-refractivity contribution in [3.8, 4) is 0 Å². The van der Waals surface area contributed by atoms with Gasteiger partial charge in [-0.05, 0) is 56.2 Å². The Morgan fingerprint density at radius 2 is 2.21 bits per heavy atom. The zero-order valence-electron chi connectivity index (χ0n) is 11.2. The van der Waals surface area contributed by atoms with Crippen molar-refractivity contribution in [2.75, 3.05) is 6.61 Å². The Morgan fingerprint density at radius 3 is 2.84 bits per heavy atom. The van der Waals surface area contributed by atoms with Crippen molar-refractivity contribution in [2.24, 2.45) is 11.7 Å². The lowest BCUT2D eigenvalue weighted by Gasteiger charge is -2.36. The molecule has 2 N–H and O–H groups in total. The van der Waals surface area contributed by atoms with E-state index in [1.807, 2.05) is 12.1 Å². The monoisotopic (exact) mass is 345 g/mol. The van der Waals surface area contributed by atoms with Crippen molar-refractivity contribution in [3.63, 3.8) is 0 Å². The molecule has 1 aromatic carbocycles. The van der Waals surface area contributed by atoms with Crippen molar-refractivity contribution in [1.82, 2.24) is 0 Å². The SMILES string of the molecule is CCOC1CC(CC(N)Cc2ccc(Br)cc2Cl)C1. The lowest BCUT2D eigenvalue weighted by atomic mass is 9.77. The minimum absolute atomic E-state index is 0.186. The molecule has 0 heterocycles. The lowest BCUT2D eigenvalue weighted by Crippen LogP contribution is -2.36. The molecule has 0 saturated heterocycles. The molecule has 0 spiro atoms. The lowest BCUT2D eigenvalue weighted by molar-refractivity contribution is -0.0280. The summed E-state index contributed by atoms with van der Waals surface area (Å²) < 4.78 is 6.58. The van der Waals surface area contributed by atoms with E-state index in [1.165, 1.54) is 0 Å². The Kier molecular flexibility index (Phi) is 5.70. The van der Waals surface area contributed by atoms with Crippen LogP contribution in [0.4, 0.5) is 0 Å². The second kappa shape index (κ2) is 7.07. The van der Waals surface area contributed by atoms with Crippen LogP contribution in [0.15, 0.2) is 22.7 Å². The molecule has 1 unspecified atom stereocenters. The molecule has 0 amide bonds. The predicted molar refractivity (Wildman–Crippen MR) is 83.6 cm³/mol. The van der Waals surface area contributed by atoms with E-state index in [9.17, 15) is 0 Å². The molecule has 1 atom stereocenters. The summed E-state index contributed by atoms with van der Waals surface area (Å²) in [6, 6.07) is 6.18. The van der Waals surface area contributed by atoms with E-state index in [0.717, 1.165) is 53.3 Å². The van der Waals surface area contributed by atoms with Gasteiger partial charge in [-0.25, -0.2) is 0 Å². The third kappa shape index (κ3) is 4.45. The van der Waals surface area contributed by atoms with Crippen LogP contribution in [0.2, 0.25) is 5.02 Å². The van der Waals surface area contributed by atoms with E-state index < -0.39 is 0 Å². The van der Waals surface area contributed by atoms with Crippen LogP contribution in [0.3, 0.4) is 0 Å². The van der Waals surface area contributed by atoms with Crippen LogP contribution in [0.5, 0.6) is 0 Å². The van der Waals surface area contributed by atoms with Crippen molar-refractivity contribution in [2.45, 2.75) is 44.8 Å². The molecule has 106 valence electrons. The largest absolute Gasteiger partial charge is 0.378 e. The van der Waals surface area contributed by atoms with Crippen molar-refractivity contribution >= 4 is 27.5 Å². The summed E-state index contributed by atoms with van der Waals surface area (Å²) in [5, 5.41) is 0.797. The average Bonchev–Trinajstić information content (AvgIpc) is 2.30. The van der Waals surface area contributed by atoms with Crippen LogP contribution < -0.4 is 5.73 Å². The molecule has 0 bridgehead atoms. The Morgan fingerprint density at radius 1 is 1.47 bits per heavy atom. The van der Waals surface area contributed by atoms with Gasteiger partial charge < -0.3 is 10.5 Å². The molecule has 2 nitrogen and oxygen atoms in total. The summed E-state index contributed by atoms with van der Waals surface area (Å²) in [4.78, 5) is 0. The van der Waals surface area contributed by atoms with E-state index in [0.29, 0.717) is 6.10 Å². The van der Waals surface area contributed by atoms with Crippen LogP contribution in [-0.2, 0) is 11.2 Å². The van der Waals surface area contributed by atoms with Crippen molar-refractivity contribution in [1.29, 1.82) is 0 Å². The number of hydrogen-bond acceptors (Lipinski definition) is 2. The Labute approximate surface area is 128 Å². The molecule has 0 aromatic heterocycles. The zero-order chi connectivity index (χ0) is 13.8. The van der Waals surface area contributed by atoms with E-state index >= 15 is 0 Å². The maximum Gasteiger partial charge on any atom is 0.0580 e. The fourth-order valence-electron chi connectivity index (χ4n) is 2.72. The van der Waals surface area contributed by atoms with Crippen LogP contribution in [0.25, 0.3) is 0 Å². The van der Waals surface area contributed by atoms with Gasteiger partial charge in [0.2, 0.25) is 0 Å². The summed E-state index contributed by atoms with van der Waals surface area (Å²) in [7, 11) is 0. The summed E-state index contributed by atoms with van der Waals surface area (Å²) >= 11 is 9.63. The third-order valence-corrected chi connectivity index (χ3v) is 4.57. The molecule has 2 rings (SSSR count). The highest BCUT2D eigenvalue weighted by molar-refractivity contribution is 9.10. The highest BCUT2D eigenvalue weighted by Gasteiger charge is 2.30. The first kappa shape index (κ1) is 15.3. The number of hydrogen-bond donors (Lipinski definition) is 1. The summed E-state index contributed by atoms with van der Waals surface area (Å²) in [5.74, 6) is 0.723. The van der Waals surface area contributed by atoms with Crippen LogP contribution in [0.1, 0.15) is 31.7 Å². The van der Waals surface area contributed by atoms with E-state index in [1.54, 1.807) is 0 Å². The normalized spacial score (nSPS) is 24.0. The number of halogens is 2. The molecule has 1 fully saturated rings. The van der Waals surface area contributed by atoms with Gasteiger partial charge in [0.05, 0.1) is 6.10 Å². The van der Waals surface area contributed by atoms with E-state index in [4.69, 9.17) is 22.1 Å². The van der Waals surface area contributed by atoms with E-state index in [2.05, 4.69) is 28.9 Å². The summed E-state index contributed by atoms with van der Waals surface area (Å²) in [6.07, 6.45) is 4.71. The highest BCUT2D eigenvalue weighted by atomic mass is 79.9. The topological polar surface area (TPSA) is 35.2 Å². The zero-order valence-corrected chi connectivity index (χ0v) is 13.6. The number of nitrogens with two attached hydrogens (primary N) is 1. The molecule has 1 aliphatic carbocycles. The van der Waals surface area contributed by atoms with E-state index in [-0.39, 0.29) is 6.04 Å². The first-order valence-corrected chi connectivity index (χ1v) is 8.06. The minimum atomic E-state index is 0.186. The molecule has 1 saturated carbocycles. The molecule has 1 aliphatic rings. The van der Waals surface area contributed by atoms with Gasteiger partial charge in [-0.15, -0.1) is 0 Å². The van der Waals surface area contributed by atoms with Crippen LogP contribution >= 0.6 is 27.5 Å². The van der Waals surface area contributed by atoms with Crippen LogP contribution in [0, 0.1) is 5.92 Å². The smallest absolute Gasteiger partial charge is 0.0580 e. The van der Waals surface area contributed by atoms with Gasteiger partial charge in [-0.2, -0.15) is 0 Å².